The fourth-order valence-corrected chi connectivity index (χ4v) is 4.50. The van der Waals surface area contributed by atoms with Gasteiger partial charge in [-0.3, -0.25) is 14.0 Å². The summed E-state index contributed by atoms with van der Waals surface area (Å²) in [5.41, 5.74) is 3.35. The number of carbonyl (C=O) groups is 1. The van der Waals surface area contributed by atoms with Gasteiger partial charge in [-0.1, -0.05) is 12.1 Å². The zero-order valence-electron chi connectivity index (χ0n) is 19.8. The van der Waals surface area contributed by atoms with Crippen LogP contribution in [-0.2, 0) is 24.0 Å². The number of ether oxygens (including phenoxy) is 1. The number of nitrogens with zero attached hydrogens (tertiary/aromatic N) is 2. The van der Waals surface area contributed by atoms with Crippen molar-refractivity contribution in [1.82, 2.24) is 14.9 Å². The fourth-order valence-electron chi connectivity index (χ4n) is 4.18. The van der Waals surface area contributed by atoms with E-state index in [1.807, 2.05) is 25.1 Å². The molecule has 1 unspecified atom stereocenters. The molecule has 194 valence electrons. The van der Waals surface area contributed by atoms with Gasteiger partial charge in [0.1, 0.15) is 5.75 Å². The first-order valence-corrected chi connectivity index (χ1v) is 12.5. The molecule has 2 N–H and O–H groups in total. The Labute approximate surface area is 214 Å². The maximum absolute atomic E-state index is 13.0. The number of aryl methyl sites for hydroxylation is 1. The van der Waals surface area contributed by atoms with Crippen LogP contribution in [0.5, 0.6) is 5.75 Å². The quantitative estimate of drug-likeness (QED) is 0.301. The molecular formula is C26H24F2N3O5S-. The zero-order valence-corrected chi connectivity index (χ0v) is 20.6. The van der Waals surface area contributed by atoms with Gasteiger partial charge in [-0.05, 0) is 72.1 Å². The van der Waals surface area contributed by atoms with Crippen LogP contribution in [0.3, 0.4) is 0 Å². The molecule has 0 bridgehead atoms. The van der Waals surface area contributed by atoms with Gasteiger partial charge in [-0.2, -0.15) is 8.78 Å². The first-order valence-electron chi connectivity index (χ1n) is 11.4. The minimum atomic E-state index is -2.90. The van der Waals surface area contributed by atoms with Gasteiger partial charge in [-0.15, -0.1) is 0 Å². The number of halogens is 2. The highest BCUT2D eigenvalue weighted by molar-refractivity contribution is 7.79. The van der Waals surface area contributed by atoms with Crippen molar-refractivity contribution in [3.63, 3.8) is 0 Å². The number of nitrogens with one attached hydrogen (secondary N) is 1. The second-order valence-electron chi connectivity index (χ2n) is 8.22. The smallest absolute Gasteiger partial charge is 0.387 e. The Hall–Kier alpha value is -3.67. The zero-order chi connectivity index (χ0) is 26.5. The van der Waals surface area contributed by atoms with Crippen LogP contribution in [-0.4, -0.2) is 42.5 Å². The Morgan fingerprint density at radius 2 is 2.00 bits per heavy atom. The number of alkyl halides is 2. The number of hydrogen-bond acceptors (Lipinski definition) is 6. The minimum absolute atomic E-state index is 0.00160. The van der Waals surface area contributed by atoms with E-state index < -0.39 is 36.2 Å². The summed E-state index contributed by atoms with van der Waals surface area (Å²) in [7, 11) is 0. The largest absolute Gasteiger partial charge is 0.768 e. The third-order valence-corrected chi connectivity index (χ3v) is 6.50. The number of carbonyl (C=O) groups excluding carboxylic acids is 1. The normalized spacial score (nSPS) is 13.0. The van der Waals surface area contributed by atoms with Crippen LogP contribution >= 0.6 is 0 Å². The van der Waals surface area contributed by atoms with E-state index in [9.17, 15) is 27.4 Å². The third kappa shape index (κ3) is 6.19. The molecule has 8 nitrogen and oxygen atoms in total. The highest BCUT2D eigenvalue weighted by Crippen LogP contribution is 2.25. The lowest BCUT2D eigenvalue weighted by Gasteiger charge is -2.16. The molecule has 2 heterocycles. The van der Waals surface area contributed by atoms with Crippen LogP contribution in [0.4, 0.5) is 8.78 Å². The first kappa shape index (κ1) is 26.4. The molecule has 0 aliphatic carbocycles. The van der Waals surface area contributed by atoms with Crippen LogP contribution in [0.1, 0.15) is 40.3 Å². The Kier molecular flexibility index (Phi) is 8.27. The minimum Gasteiger partial charge on any atom is -0.768 e. The number of benzene rings is 2. The van der Waals surface area contributed by atoms with Gasteiger partial charge < -0.3 is 24.3 Å². The lowest BCUT2D eigenvalue weighted by atomic mass is 10.1. The topological polar surface area (TPSA) is 117 Å². The Morgan fingerprint density at radius 1 is 1.19 bits per heavy atom. The van der Waals surface area contributed by atoms with E-state index in [1.165, 1.54) is 18.2 Å². The number of fused-ring (bicyclic) bond motifs is 1. The van der Waals surface area contributed by atoms with Gasteiger partial charge in [0.05, 0.1) is 18.3 Å². The maximum Gasteiger partial charge on any atom is 0.387 e. The van der Waals surface area contributed by atoms with Gasteiger partial charge >= 0.3 is 6.61 Å². The molecule has 0 spiro atoms. The van der Waals surface area contributed by atoms with Crippen LogP contribution < -0.4 is 10.1 Å². The van der Waals surface area contributed by atoms with Crippen molar-refractivity contribution < 1.29 is 32.2 Å². The number of aliphatic hydroxyl groups excluding tert-OH is 1. The van der Waals surface area contributed by atoms with E-state index in [0.29, 0.717) is 24.2 Å². The molecule has 0 saturated heterocycles. The highest BCUT2D eigenvalue weighted by atomic mass is 32.2. The van der Waals surface area contributed by atoms with Crippen molar-refractivity contribution in [3.8, 4) is 5.75 Å². The van der Waals surface area contributed by atoms with Gasteiger partial charge in [-0.25, -0.2) is 0 Å². The number of aliphatic hydroxyl groups is 1. The molecular weight excluding hydrogens is 504 g/mol. The first-order chi connectivity index (χ1) is 17.8. The average Bonchev–Trinajstić information content (AvgIpc) is 3.23. The molecule has 37 heavy (non-hydrogen) atoms. The van der Waals surface area contributed by atoms with E-state index in [0.717, 1.165) is 28.4 Å². The Balaban J connectivity index is 1.55. The number of aromatic nitrogens is 2. The average molecular weight is 529 g/mol. The molecule has 4 rings (SSSR count). The van der Waals surface area contributed by atoms with Crippen molar-refractivity contribution in [2.45, 2.75) is 37.4 Å². The van der Waals surface area contributed by atoms with E-state index in [1.54, 1.807) is 24.3 Å². The Bertz CT molecular complexity index is 1430. The van der Waals surface area contributed by atoms with Crippen molar-refractivity contribution >= 4 is 27.9 Å². The van der Waals surface area contributed by atoms with E-state index >= 15 is 0 Å². The van der Waals surface area contributed by atoms with Crippen LogP contribution in [0.2, 0.25) is 0 Å². The fraction of sp³-hybridized carbons (Fsp3) is 0.231. The van der Waals surface area contributed by atoms with Gasteiger partial charge in [0.2, 0.25) is 0 Å². The van der Waals surface area contributed by atoms with E-state index in [4.69, 9.17) is 0 Å². The number of pyridine rings is 1. The number of amides is 1. The van der Waals surface area contributed by atoms with Crippen LogP contribution in [0, 0.1) is 0 Å². The summed E-state index contributed by atoms with van der Waals surface area (Å²) in [5, 5.41) is 13.3. The van der Waals surface area contributed by atoms with E-state index in [-0.39, 0.29) is 10.6 Å². The number of hydrogen-bond donors (Lipinski definition) is 2. The molecule has 2 aromatic carbocycles. The standard InChI is InChI=1S/C26H25F2N3O5S/c1-2-31-19(10-16-4-3-5-20(11-16)36-26(27)28)13-18-12-17(6-9-24(18)31)25(33)30-23(15-32)22-8-7-21(14-29-22)37(34)35/h3-9,11-14,23,26,32H,2,10,15H2,1H3,(H,30,33)(H,34,35)/p-1/t23-/m0/s1. The van der Waals surface area contributed by atoms with Crippen molar-refractivity contribution in [1.29, 1.82) is 0 Å². The summed E-state index contributed by atoms with van der Waals surface area (Å²) in [6.45, 7) is -0.663. The summed E-state index contributed by atoms with van der Waals surface area (Å²) in [6.07, 6.45) is 1.64. The lowest BCUT2D eigenvalue weighted by molar-refractivity contribution is -0.0498. The van der Waals surface area contributed by atoms with Crippen LogP contribution in [0.15, 0.2) is 71.8 Å². The highest BCUT2D eigenvalue weighted by Gasteiger charge is 2.18. The second kappa shape index (κ2) is 11.6. The third-order valence-electron chi connectivity index (χ3n) is 5.87. The molecule has 2 aromatic heterocycles. The lowest BCUT2D eigenvalue weighted by Crippen LogP contribution is -2.31. The molecule has 0 fully saturated rings. The summed E-state index contributed by atoms with van der Waals surface area (Å²) < 4.78 is 53.8. The molecule has 1 amide bonds. The van der Waals surface area contributed by atoms with Gasteiger partial charge in [0, 0.05) is 46.2 Å². The van der Waals surface area contributed by atoms with Crippen LogP contribution in [0.25, 0.3) is 10.9 Å². The van der Waals surface area contributed by atoms with Gasteiger partial charge in [0.25, 0.3) is 5.91 Å². The summed E-state index contributed by atoms with van der Waals surface area (Å²) in [4.78, 5) is 17.0. The second-order valence-corrected chi connectivity index (χ2v) is 9.16. The molecule has 0 radical (unpaired) electrons. The molecule has 4 aromatic rings. The predicted octanol–water partition coefficient (Wildman–Crippen LogP) is 3.95. The molecule has 0 aliphatic rings. The Morgan fingerprint density at radius 3 is 2.65 bits per heavy atom. The molecule has 11 heteroatoms. The molecule has 0 saturated carbocycles. The van der Waals surface area contributed by atoms with Gasteiger partial charge in [0.15, 0.2) is 0 Å². The summed E-state index contributed by atoms with van der Waals surface area (Å²) >= 11 is -2.42. The maximum atomic E-state index is 13.0. The van der Waals surface area contributed by atoms with Crippen molar-refractivity contribution in [2.24, 2.45) is 0 Å². The van der Waals surface area contributed by atoms with Crippen molar-refractivity contribution in [2.75, 3.05) is 6.61 Å². The summed E-state index contributed by atoms with van der Waals surface area (Å²) in [6, 6.07) is 15.7. The predicted molar refractivity (Wildman–Crippen MR) is 132 cm³/mol. The molecule has 0 aliphatic heterocycles. The monoisotopic (exact) mass is 528 g/mol. The molecule has 2 atom stereocenters. The number of rotatable bonds is 10. The SMILES string of the molecule is CCn1c(Cc2cccc(OC(F)F)c2)cc2cc(C(=O)N[C@@H](CO)c3ccc(S(=O)[O-])cn3)ccc21. The summed E-state index contributed by atoms with van der Waals surface area (Å²) in [5.74, 6) is -0.337. The van der Waals surface area contributed by atoms with Crippen molar-refractivity contribution in [3.05, 3.63) is 89.4 Å². The van der Waals surface area contributed by atoms with E-state index in [2.05, 4.69) is 19.6 Å².